The van der Waals surface area contributed by atoms with Gasteiger partial charge in [-0.1, -0.05) is 35.9 Å². The lowest BCUT2D eigenvalue weighted by atomic mass is 9.87. The van der Waals surface area contributed by atoms with E-state index in [4.69, 9.17) is 11.6 Å². The maximum Gasteiger partial charge on any atom is 0.252 e. The molecule has 2 aromatic carbocycles. The molecular formula is C23H23ClF3N3O3. The second-order valence-corrected chi connectivity index (χ2v) is 8.90. The van der Waals surface area contributed by atoms with Crippen LogP contribution in [0.5, 0.6) is 0 Å². The maximum absolute atomic E-state index is 13.5. The molecule has 10 heteroatoms. The van der Waals surface area contributed by atoms with E-state index < -0.39 is 60.6 Å². The summed E-state index contributed by atoms with van der Waals surface area (Å²) in [6.45, 7) is -0.00856. The standard InChI is InChI=1S/C23H23ClF3N3O3/c24-18-7-2-1-6-17(18)20(22(33)29-15-10-23(26,27)11-15)30-12-16(31)9-19(30)21(32)28-14-5-3-4-13(25)8-14/h1-8,15-16,19-20,31H,9-12H2,(H,28,32)(H,29,33)/t16?,19?,20-/m0/s1. The monoisotopic (exact) mass is 481 g/mol. The van der Waals surface area contributed by atoms with Crippen LogP contribution in [0.2, 0.25) is 5.02 Å². The van der Waals surface area contributed by atoms with E-state index >= 15 is 0 Å². The molecule has 2 aliphatic rings. The number of aliphatic hydroxyl groups is 1. The van der Waals surface area contributed by atoms with Crippen LogP contribution in [0.3, 0.4) is 0 Å². The summed E-state index contributed by atoms with van der Waals surface area (Å²) >= 11 is 6.35. The predicted octanol–water partition coefficient (Wildman–Crippen LogP) is 3.51. The summed E-state index contributed by atoms with van der Waals surface area (Å²) in [5, 5.41) is 15.8. The first-order chi connectivity index (χ1) is 15.6. The molecule has 2 aromatic rings. The highest BCUT2D eigenvalue weighted by Gasteiger charge is 2.48. The molecule has 3 atom stereocenters. The molecular weight excluding hydrogens is 459 g/mol. The summed E-state index contributed by atoms with van der Waals surface area (Å²) in [6, 6.07) is 9.21. The van der Waals surface area contributed by atoms with Gasteiger partial charge in [-0.2, -0.15) is 0 Å². The van der Waals surface area contributed by atoms with Crippen LogP contribution in [-0.2, 0) is 9.59 Å². The normalized spacial score (nSPS) is 23.5. The molecule has 1 saturated carbocycles. The largest absolute Gasteiger partial charge is 0.392 e. The second-order valence-electron chi connectivity index (χ2n) is 8.50. The van der Waals surface area contributed by atoms with Crippen molar-refractivity contribution < 1.29 is 27.9 Å². The Kier molecular flexibility index (Phi) is 6.65. The zero-order chi connectivity index (χ0) is 23.8. The van der Waals surface area contributed by atoms with Crippen molar-refractivity contribution in [3.8, 4) is 0 Å². The summed E-state index contributed by atoms with van der Waals surface area (Å²) in [4.78, 5) is 27.8. The van der Waals surface area contributed by atoms with Gasteiger partial charge in [-0.15, -0.1) is 0 Å². The number of halogens is 4. The maximum atomic E-state index is 13.5. The van der Waals surface area contributed by atoms with Crippen LogP contribution >= 0.6 is 11.6 Å². The topological polar surface area (TPSA) is 81.7 Å². The van der Waals surface area contributed by atoms with Gasteiger partial charge in [0.1, 0.15) is 11.9 Å². The molecule has 0 radical (unpaired) electrons. The third-order valence-corrected chi connectivity index (χ3v) is 6.27. The molecule has 0 aromatic heterocycles. The van der Waals surface area contributed by atoms with E-state index in [-0.39, 0.29) is 23.7 Å². The van der Waals surface area contributed by atoms with Gasteiger partial charge >= 0.3 is 0 Å². The lowest BCUT2D eigenvalue weighted by Crippen LogP contribution is -2.54. The predicted molar refractivity (Wildman–Crippen MR) is 116 cm³/mol. The number of alkyl halides is 2. The number of aliphatic hydroxyl groups excluding tert-OH is 1. The Balaban J connectivity index is 1.60. The summed E-state index contributed by atoms with van der Waals surface area (Å²) in [6.07, 6.45) is -1.78. The Hall–Kier alpha value is -2.62. The molecule has 2 unspecified atom stereocenters. The molecule has 1 aliphatic heterocycles. The van der Waals surface area contributed by atoms with Gasteiger partial charge in [0.25, 0.3) is 5.92 Å². The molecule has 1 aliphatic carbocycles. The van der Waals surface area contributed by atoms with Crippen LogP contribution in [0.1, 0.15) is 30.9 Å². The molecule has 4 rings (SSSR count). The molecule has 33 heavy (non-hydrogen) atoms. The van der Waals surface area contributed by atoms with Crippen LogP contribution < -0.4 is 10.6 Å². The number of anilines is 1. The van der Waals surface area contributed by atoms with Crippen LogP contribution in [0.15, 0.2) is 48.5 Å². The number of benzene rings is 2. The molecule has 2 fully saturated rings. The van der Waals surface area contributed by atoms with Crippen LogP contribution in [0.25, 0.3) is 0 Å². The Labute approximate surface area is 193 Å². The van der Waals surface area contributed by atoms with E-state index in [1.54, 1.807) is 24.3 Å². The number of carbonyl (C=O) groups excluding carboxylic acids is 2. The van der Waals surface area contributed by atoms with E-state index in [0.717, 1.165) is 6.07 Å². The Morgan fingerprint density at radius 2 is 1.88 bits per heavy atom. The van der Waals surface area contributed by atoms with Crippen LogP contribution in [0.4, 0.5) is 18.9 Å². The highest BCUT2D eigenvalue weighted by atomic mass is 35.5. The quantitative estimate of drug-likeness (QED) is 0.590. The fourth-order valence-corrected chi connectivity index (χ4v) is 4.62. The number of rotatable bonds is 6. The van der Waals surface area contributed by atoms with Gasteiger partial charge in [-0.05, 0) is 36.2 Å². The van der Waals surface area contributed by atoms with Crippen molar-refractivity contribution in [3.63, 3.8) is 0 Å². The first kappa shape index (κ1) is 23.5. The number of nitrogens with zero attached hydrogens (tertiary/aromatic N) is 1. The van der Waals surface area contributed by atoms with Gasteiger partial charge in [-0.3, -0.25) is 14.5 Å². The minimum absolute atomic E-state index is 0.00856. The zero-order valence-corrected chi connectivity index (χ0v) is 18.2. The smallest absolute Gasteiger partial charge is 0.252 e. The lowest BCUT2D eigenvalue weighted by Gasteiger charge is -2.38. The number of hydrogen-bond donors (Lipinski definition) is 3. The van der Waals surface area contributed by atoms with Crippen molar-refractivity contribution in [2.75, 3.05) is 11.9 Å². The lowest BCUT2D eigenvalue weighted by molar-refractivity contribution is -0.135. The fraction of sp³-hybridized carbons (Fsp3) is 0.391. The van der Waals surface area contributed by atoms with Gasteiger partial charge in [0.15, 0.2) is 0 Å². The first-order valence-electron chi connectivity index (χ1n) is 10.6. The van der Waals surface area contributed by atoms with E-state index in [0.29, 0.717) is 5.56 Å². The summed E-state index contributed by atoms with van der Waals surface area (Å²) in [5.41, 5.74) is 0.622. The SMILES string of the molecule is O=C(Nc1cccc(F)c1)C1CC(O)CN1[C@H](C(=O)NC1CC(F)(F)C1)c1ccccc1Cl. The second kappa shape index (κ2) is 9.32. The van der Waals surface area contributed by atoms with E-state index in [1.807, 2.05) is 0 Å². The molecule has 0 spiro atoms. The molecule has 6 nitrogen and oxygen atoms in total. The third-order valence-electron chi connectivity index (χ3n) is 5.93. The number of nitrogens with one attached hydrogen (secondary N) is 2. The number of hydrogen-bond acceptors (Lipinski definition) is 4. The Bertz CT molecular complexity index is 1050. The fourth-order valence-electron chi connectivity index (χ4n) is 4.38. The van der Waals surface area contributed by atoms with Gasteiger partial charge in [-0.25, -0.2) is 13.2 Å². The number of β-amino-alcohol motifs (C(OH)–C–C–N with tert-alkyl or cyclic N) is 1. The molecule has 176 valence electrons. The minimum Gasteiger partial charge on any atom is -0.392 e. The van der Waals surface area contributed by atoms with Crippen molar-refractivity contribution in [1.29, 1.82) is 0 Å². The average Bonchev–Trinajstić information content (AvgIpc) is 3.09. The Morgan fingerprint density at radius 1 is 1.15 bits per heavy atom. The third kappa shape index (κ3) is 5.31. The molecule has 0 bridgehead atoms. The van der Waals surface area contributed by atoms with Crippen LogP contribution in [-0.4, -0.2) is 52.5 Å². The van der Waals surface area contributed by atoms with E-state index in [2.05, 4.69) is 10.6 Å². The molecule has 1 saturated heterocycles. The Morgan fingerprint density at radius 3 is 2.55 bits per heavy atom. The number of likely N-dealkylation sites (tertiary alicyclic amines) is 1. The van der Waals surface area contributed by atoms with Gasteiger partial charge < -0.3 is 15.7 Å². The van der Waals surface area contributed by atoms with Crippen molar-refractivity contribution in [2.24, 2.45) is 0 Å². The summed E-state index contributed by atoms with van der Waals surface area (Å²) in [7, 11) is 0. The minimum atomic E-state index is -2.81. The van der Waals surface area contributed by atoms with Gasteiger partial charge in [0.05, 0.1) is 12.1 Å². The van der Waals surface area contributed by atoms with Gasteiger partial charge in [0, 0.05) is 36.1 Å². The van der Waals surface area contributed by atoms with Gasteiger partial charge in [0.2, 0.25) is 11.8 Å². The van der Waals surface area contributed by atoms with Crippen molar-refractivity contribution >= 4 is 29.1 Å². The van der Waals surface area contributed by atoms with Crippen molar-refractivity contribution in [1.82, 2.24) is 10.2 Å². The van der Waals surface area contributed by atoms with Crippen molar-refractivity contribution in [3.05, 3.63) is 64.9 Å². The average molecular weight is 482 g/mol. The number of amides is 2. The van der Waals surface area contributed by atoms with E-state index in [1.165, 1.54) is 23.1 Å². The highest BCUT2D eigenvalue weighted by Crippen LogP contribution is 2.39. The van der Waals surface area contributed by atoms with Crippen molar-refractivity contribution in [2.45, 2.75) is 49.4 Å². The zero-order valence-electron chi connectivity index (χ0n) is 17.5. The summed E-state index contributed by atoms with van der Waals surface area (Å²) in [5.74, 6) is -4.45. The van der Waals surface area contributed by atoms with E-state index in [9.17, 15) is 27.9 Å². The number of carbonyl (C=O) groups is 2. The summed E-state index contributed by atoms with van der Waals surface area (Å²) < 4.78 is 40.1. The molecule has 1 heterocycles. The van der Waals surface area contributed by atoms with Crippen LogP contribution in [0, 0.1) is 5.82 Å². The first-order valence-corrected chi connectivity index (χ1v) is 10.9. The molecule has 2 amide bonds. The molecule has 3 N–H and O–H groups in total. The highest BCUT2D eigenvalue weighted by molar-refractivity contribution is 6.31.